The van der Waals surface area contributed by atoms with Crippen molar-refractivity contribution in [2.75, 3.05) is 26.2 Å². The van der Waals surface area contributed by atoms with Gasteiger partial charge in [0.05, 0.1) is 0 Å². The van der Waals surface area contributed by atoms with Crippen LogP contribution in [-0.4, -0.2) is 59.5 Å². The van der Waals surface area contributed by atoms with Gasteiger partial charge in [-0.25, -0.2) is 9.59 Å². The van der Waals surface area contributed by atoms with Crippen LogP contribution in [0.5, 0.6) is 0 Å². The normalized spacial score (nSPS) is 21.3. The second-order valence-corrected chi connectivity index (χ2v) is 4.93. The third kappa shape index (κ3) is 2.36. The van der Waals surface area contributed by atoms with Crippen LogP contribution in [0, 0.1) is 0 Å². The molecule has 0 bridgehead atoms. The van der Waals surface area contributed by atoms with E-state index in [0.717, 1.165) is 0 Å². The van der Waals surface area contributed by atoms with Gasteiger partial charge in [0, 0.05) is 26.2 Å². The van der Waals surface area contributed by atoms with Gasteiger partial charge in [-0.3, -0.25) is 10.1 Å². The van der Waals surface area contributed by atoms with Crippen molar-refractivity contribution in [1.82, 2.24) is 20.4 Å². The summed E-state index contributed by atoms with van der Waals surface area (Å²) in [5.74, 6) is -0.271. The van der Waals surface area contributed by atoms with Crippen molar-refractivity contribution in [2.24, 2.45) is 0 Å². The zero-order valence-electron chi connectivity index (χ0n) is 11.4. The lowest BCUT2D eigenvalue weighted by atomic mass is 9.88. The van der Waals surface area contributed by atoms with Crippen LogP contribution in [0.4, 0.5) is 9.59 Å². The van der Waals surface area contributed by atoms with Crippen molar-refractivity contribution >= 4 is 18.0 Å². The number of urea groups is 2. The molecule has 2 aliphatic heterocycles. The van der Waals surface area contributed by atoms with E-state index in [0.29, 0.717) is 39.0 Å². The van der Waals surface area contributed by atoms with E-state index in [1.165, 1.54) is 0 Å². The Hall–Kier alpha value is -1.79. The number of nitrogens with one attached hydrogen (secondary N) is 2. The van der Waals surface area contributed by atoms with Crippen molar-refractivity contribution in [3.63, 3.8) is 0 Å². The molecule has 2 rings (SSSR count). The SMILES string of the molecule is CCN(CC)C(=O)N1CCC2(CC1)NC(=O)NC2=O. The Morgan fingerprint density at radius 1 is 1.26 bits per heavy atom. The maximum Gasteiger partial charge on any atom is 0.322 e. The molecule has 0 unspecified atom stereocenters. The van der Waals surface area contributed by atoms with Crippen LogP contribution in [0.1, 0.15) is 26.7 Å². The molecule has 19 heavy (non-hydrogen) atoms. The number of imide groups is 1. The van der Waals surface area contributed by atoms with Crippen molar-refractivity contribution in [3.05, 3.63) is 0 Å². The van der Waals surface area contributed by atoms with E-state index in [1.807, 2.05) is 13.8 Å². The van der Waals surface area contributed by atoms with Gasteiger partial charge in [-0.2, -0.15) is 0 Å². The van der Waals surface area contributed by atoms with Crippen LogP contribution < -0.4 is 10.6 Å². The Balaban J connectivity index is 1.98. The fraction of sp³-hybridized carbons (Fsp3) is 0.750. The Kier molecular flexibility index (Phi) is 3.64. The largest absolute Gasteiger partial charge is 0.325 e. The summed E-state index contributed by atoms with van der Waals surface area (Å²) in [6, 6.07) is -0.432. The summed E-state index contributed by atoms with van der Waals surface area (Å²) >= 11 is 0. The third-order valence-electron chi connectivity index (χ3n) is 3.94. The lowest BCUT2D eigenvalue weighted by Crippen LogP contribution is -2.57. The molecule has 5 amide bonds. The van der Waals surface area contributed by atoms with Crippen LogP contribution in [0.25, 0.3) is 0 Å². The molecule has 0 aromatic heterocycles. The minimum absolute atomic E-state index is 0.00424. The minimum Gasteiger partial charge on any atom is -0.325 e. The number of rotatable bonds is 2. The first kappa shape index (κ1) is 13.6. The highest BCUT2D eigenvalue weighted by molar-refractivity contribution is 6.07. The topological polar surface area (TPSA) is 81.8 Å². The number of hydrogen-bond acceptors (Lipinski definition) is 3. The molecule has 2 fully saturated rings. The number of hydrogen-bond donors (Lipinski definition) is 2. The van der Waals surface area contributed by atoms with E-state index in [-0.39, 0.29) is 11.9 Å². The first-order chi connectivity index (χ1) is 9.02. The van der Waals surface area contributed by atoms with E-state index in [4.69, 9.17) is 0 Å². The lowest BCUT2D eigenvalue weighted by Gasteiger charge is -2.38. The first-order valence-corrected chi connectivity index (χ1v) is 6.70. The van der Waals surface area contributed by atoms with Crippen molar-refractivity contribution in [3.8, 4) is 0 Å². The highest BCUT2D eigenvalue weighted by Crippen LogP contribution is 2.25. The monoisotopic (exact) mass is 268 g/mol. The predicted octanol–water partition coefficient (Wildman–Crippen LogP) is 0.122. The molecule has 0 saturated carbocycles. The number of amides is 5. The van der Waals surface area contributed by atoms with E-state index < -0.39 is 11.6 Å². The Morgan fingerprint density at radius 3 is 2.26 bits per heavy atom. The number of carbonyl (C=O) groups is 3. The van der Waals surface area contributed by atoms with E-state index in [9.17, 15) is 14.4 Å². The standard InChI is InChI=1S/C12H20N4O3/c1-3-15(4-2)11(19)16-7-5-12(6-8-16)9(17)13-10(18)14-12/h3-8H2,1-2H3,(H2,13,14,17,18). The highest BCUT2D eigenvalue weighted by atomic mass is 16.2. The summed E-state index contributed by atoms with van der Waals surface area (Å²) in [4.78, 5) is 38.7. The maximum absolute atomic E-state index is 12.2. The van der Waals surface area contributed by atoms with Gasteiger partial charge in [-0.1, -0.05) is 0 Å². The fourth-order valence-corrected chi connectivity index (χ4v) is 2.65. The van der Waals surface area contributed by atoms with Crippen molar-refractivity contribution < 1.29 is 14.4 Å². The molecular formula is C12H20N4O3. The van der Waals surface area contributed by atoms with Gasteiger partial charge in [0.15, 0.2) is 0 Å². The van der Waals surface area contributed by atoms with Gasteiger partial charge in [-0.15, -0.1) is 0 Å². The predicted molar refractivity (Wildman–Crippen MR) is 68.5 cm³/mol. The molecule has 0 aliphatic carbocycles. The highest BCUT2D eigenvalue weighted by Gasteiger charge is 2.48. The van der Waals surface area contributed by atoms with Crippen LogP contribution >= 0.6 is 0 Å². The molecule has 2 saturated heterocycles. The van der Waals surface area contributed by atoms with Crippen LogP contribution in [0.2, 0.25) is 0 Å². The molecular weight excluding hydrogens is 248 g/mol. The summed E-state index contributed by atoms with van der Waals surface area (Å²) in [7, 11) is 0. The van der Waals surface area contributed by atoms with Gasteiger partial charge >= 0.3 is 12.1 Å². The number of carbonyl (C=O) groups excluding carboxylic acids is 3. The van der Waals surface area contributed by atoms with E-state index in [1.54, 1.807) is 9.80 Å². The van der Waals surface area contributed by atoms with Gasteiger partial charge in [0.25, 0.3) is 5.91 Å². The zero-order valence-corrected chi connectivity index (χ0v) is 11.4. The summed E-state index contributed by atoms with van der Waals surface area (Å²) in [6.45, 7) is 6.21. The molecule has 1 spiro atoms. The summed E-state index contributed by atoms with van der Waals surface area (Å²) < 4.78 is 0. The molecule has 7 heteroatoms. The molecule has 0 aromatic carbocycles. The third-order valence-corrected chi connectivity index (χ3v) is 3.94. The van der Waals surface area contributed by atoms with Crippen molar-refractivity contribution in [2.45, 2.75) is 32.2 Å². The average Bonchev–Trinajstić information content (AvgIpc) is 2.66. The summed E-state index contributed by atoms with van der Waals surface area (Å²) in [5, 5.41) is 4.95. The average molecular weight is 268 g/mol. The van der Waals surface area contributed by atoms with Crippen molar-refractivity contribution in [1.29, 1.82) is 0 Å². The number of likely N-dealkylation sites (tertiary alicyclic amines) is 1. The first-order valence-electron chi connectivity index (χ1n) is 6.70. The molecule has 7 nitrogen and oxygen atoms in total. The number of piperidine rings is 1. The van der Waals surface area contributed by atoms with E-state index >= 15 is 0 Å². The van der Waals surface area contributed by atoms with Crippen LogP contribution in [0.15, 0.2) is 0 Å². The zero-order chi connectivity index (χ0) is 14.0. The van der Waals surface area contributed by atoms with Gasteiger partial charge in [0.2, 0.25) is 0 Å². The molecule has 0 atom stereocenters. The second-order valence-electron chi connectivity index (χ2n) is 4.93. The van der Waals surface area contributed by atoms with Gasteiger partial charge < -0.3 is 15.1 Å². The Morgan fingerprint density at radius 2 is 1.84 bits per heavy atom. The fourth-order valence-electron chi connectivity index (χ4n) is 2.65. The molecule has 0 aromatic rings. The molecule has 0 radical (unpaired) electrons. The van der Waals surface area contributed by atoms with Gasteiger partial charge in [0.1, 0.15) is 5.54 Å². The molecule has 2 aliphatic rings. The minimum atomic E-state index is -0.808. The smallest absolute Gasteiger partial charge is 0.322 e. The Bertz CT molecular complexity index is 398. The molecule has 2 N–H and O–H groups in total. The lowest BCUT2D eigenvalue weighted by molar-refractivity contribution is -0.125. The summed E-state index contributed by atoms with van der Waals surface area (Å²) in [6.07, 6.45) is 0.940. The summed E-state index contributed by atoms with van der Waals surface area (Å²) in [5.41, 5.74) is -0.808. The quantitative estimate of drug-likeness (QED) is 0.698. The van der Waals surface area contributed by atoms with E-state index in [2.05, 4.69) is 10.6 Å². The Labute approximate surface area is 112 Å². The number of nitrogens with zero attached hydrogens (tertiary/aromatic N) is 2. The van der Waals surface area contributed by atoms with Crippen LogP contribution in [0.3, 0.4) is 0 Å². The molecule has 2 heterocycles. The van der Waals surface area contributed by atoms with Crippen LogP contribution in [-0.2, 0) is 4.79 Å². The van der Waals surface area contributed by atoms with Gasteiger partial charge in [-0.05, 0) is 26.7 Å². The second kappa shape index (κ2) is 5.07. The maximum atomic E-state index is 12.2. The molecule has 106 valence electrons.